The molecule has 250 valence electrons. The Morgan fingerprint density at radius 2 is 0.907 bits per heavy atom. The fourth-order valence-corrected chi connectivity index (χ4v) is 8.13. The lowest BCUT2D eigenvalue weighted by molar-refractivity contribution is 1.08. The molecule has 11 aromatic rings. The van der Waals surface area contributed by atoms with Crippen LogP contribution in [-0.4, -0.2) is 15.0 Å². The van der Waals surface area contributed by atoms with E-state index in [-0.39, 0.29) is 29.7 Å². The molecular weight excluding hydrogens is 655 g/mol. The van der Waals surface area contributed by atoms with E-state index in [0.717, 1.165) is 54.7 Å². The van der Waals surface area contributed by atoms with Crippen molar-refractivity contribution in [2.24, 2.45) is 0 Å². The van der Waals surface area contributed by atoms with Crippen LogP contribution in [0.3, 0.4) is 0 Å². The normalized spacial score (nSPS) is 13.0. The largest absolute Gasteiger partial charge is 0.208 e. The van der Waals surface area contributed by atoms with Crippen LogP contribution in [0.1, 0.15) is 6.85 Å². The third-order valence-corrected chi connectivity index (χ3v) is 10.5. The van der Waals surface area contributed by atoms with Gasteiger partial charge in [-0.1, -0.05) is 176 Å². The molecule has 1 aromatic heterocycles. The highest BCUT2D eigenvalue weighted by molar-refractivity contribution is 6.25. The molecule has 0 radical (unpaired) electrons. The highest BCUT2D eigenvalue weighted by atomic mass is 15.0. The van der Waals surface area contributed by atoms with Crippen LogP contribution in [0.4, 0.5) is 0 Å². The van der Waals surface area contributed by atoms with Gasteiger partial charge in [0.05, 0.1) is 6.85 Å². The van der Waals surface area contributed by atoms with Gasteiger partial charge in [-0.05, 0) is 88.2 Å². The second kappa shape index (κ2) is 12.2. The summed E-state index contributed by atoms with van der Waals surface area (Å²) in [6, 6.07) is 51.4. The lowest BCUT2D eigenvalue weighted by Crippen LogP contribution is -2.02. The lowest BCUT2D eigenvalue weighted by Gasteiger charge is -2.19. The Balaban J connectivity index is 1.27. The second-order valence-electron chi connectivity index (χ2n) is 13.6. The number of fused-ring (bicyclic) bond motifs is 2. The molecule has 0 aliphatic heterocycles. The van der Waals surface area contributed by atoms with Gasteiger partial charge in [0.25, 0.3) is 0 Å². The maximum atomic E-state index is 9.14. The van der Waals surface area contributed by atoms with Gasteiger partial charge < -0.3 is 0 Å². The van der Waals surface area contributed by atoms with Crippen LogP contribution in [0.15, 0.2) is 188 Å². The third kappa shape index (κ3) is 4.79. The molecule has 0 aliphatic carbocycles. The third-order valence-electron chi connectivity index (χ3n) is 10.5. The Morgan fingerprint density at radius 1 is 0.333 bits per heavy atom. The zero-order valence-electron chi connectivity index (χ0n) is 33.9. The lowest BCUT2D eigenvalue weighted by atomic mass is 9.86. The summed E-state index contributed by atoms with van der Waals surface area (Å²) >= 11 is 0. The van der Waals surface area contributed by atoms with E-state index in [0.29, 0.717) is 33.8 Å². The Morgan fingerprint density at radius 3 is 1.67 bits per heavy atom. The van der Waals surface area contributed by atoms with Gasteiger partial charge >= 0.3 is 0 Å². The number of benzene rings is 10. The first-order valence-electron chi connectivity index (χ1n) is 20.5. The van der Waals surface area contributed by atoms with Crippen LogP contribution in [0.5, 0.6) is 0 Å². The standard InChI is InChI=1S/C51H31N3/c1-4-13-32(14-5-1)38-27-29-42-44(31-38)46(33-15-6-2-7-16-33)39-21-10-11-22-40(39)48(42)51-53-49(37-17-8-3-9-18-37)52-50(54-51)43-30-26-36-24-23-34-19-12-20-35-25-28-41(43)47(36)45(34)35/h1-31H/i2D,6D,7D,15D,16D. The van der Waals surface area contributed by atoms with Crippen LogP contribution in [-0.2, 0) is 0 Å². The minimum Gasteiger partial charge on any atom is -0.208 e. The van der Waals surface area contributed by atoms with Crippen molar-refractivity contribution < 1.29 is 6.85 Å². The van der Waals surface area contributed by atoms with Gasteiger partial charge in [0, 0.05) is 16.7 Å². The molecule has 0 aliphatic rings. The molecule has 0 amide bonds. The van der Waals surface area contributed by atoms with E-state index in [1.807, 2.05) is 91.0 Å². The summed E-state index contributed by atoms with van der Waals surface area (Å²) in [6.45, 7) is 0. The molecule has 1 heterocycles. The number of rotatable bonds is 5. The molecule has 0 N–H and O–H groups in total. The molecule has 11 rings (SSSR count). The topological polar surface area (TPSA) is 38.7 Å². The molecule has 0 atom stereocenters. The second-order valence-corrected chi connectivity index (χ2v) is 13.6. The molecule has 10 aromatic carbocycles. The van der Waals surface area contributed by atoms with Gasteiger partial charge in [-0.2, -0.15) is 0 Å². The molecule has 0 saturated carbocycles. The summed E-state index contributed by atoms with van der Waals surface area (Å²) in [6.07, 6.45) is 0. The Labute approximate surface area is 319 Å². The summed E-state index contributed by atoms with van der Waals surface area (Å²) in [5, 5.41) is 9.87. The number of hydrogen-bond acceptors (Lipinski definition) is 3. The van der Waals surface area contributed by atoms with E-state index < -0.39 is 6.04 Å². The average molecular weight is 691 g/mol. The Bertz CT molecular complexity index is 3450. The predicted molar refractivity (Wildman–Crippen MR) is 226 cm³/mol. The average Bonchev–Trinajstić information content (AvgIpc) is 3.29. The fraction of sp³-hybridized carbons (Fsp3) is 0. The molecule has 0 saturated heterocycles. The molecular formula is C51H31N3. The van der Waals surface area contributed by atoms with Crippen molar-refractivity contribution in [1.82, 2.24) is 15.0 Å². The molecule has 3 nitrogen and oxygen atoms in total. The smallest absolute Gasteiger partial charge is 0.165 e. The van der Waals surface area contributed by atoms with E-state index >= 15 is 0 Å². The molecule has 0 fully saturated rings. The number of aromatic nitrogens is 3. The summed E-state index contributed by atoms with van der Waals surface area (Å²) < 4.78 is 44.0. The molecule has 0 bridgehead atoms. The quantitative estimate of drug-likeness (QED) is 0.133. The van der Waals surface area contributed by atoms with Crippen LogP contribution in [0, 0.1) is 0 Å². The molecule has 0 unspecified atom stereocenters. The minimum atomic E-state index is -0.433. The van der Waals surface area contributed by atoms with Crippen molar-refractivity contribution in [2.75, 3.05) is 0 Å². The van der Waals surface area contributed by atoms with Crippen LogP contribution < -0.4 is 0 Å². The Hall–Kier alpha value is -7.23. The molecule has 0 spiro atoms. The van der Waals surface area contributed by atoms with Gasteiger partial charge in [-0.15, -0.1) is 0 Å². The maximum absolute atomic E-state index is 9.14. The van der Waals surface area contributed by atoms with E-state index in [1.54, 1.807) is 0 Å². The predicted octanol–water partition coefficient (Wildman–Crippen LogP) is 13.4. The first-order valence-corrected chi connectivity index (χ1v) is 18.0. The maximum Gasteiger partial charge on any atom is 0.165 e. The summed E-state index contributed by atoms with van der Waals surface area (Å²) in [5.41, 5.74) is 5.08. The van der Waals surface area contributed by atoms with Crippen molar-refractivity contribution >= 4 is 53.9 Å². The van der Waals surface area contributed by atoms with Gasteiger partial charge in [0.2, 0.25) is 0 Å². The summed E-state index contributed by atoms with van der Waals surface area (Å²) in [5.74, 6) is 1.50. The van der Waals surface area contributed by atoms with Crippen LogP contribution >= 0.6 is 0 Å². The fourth-order valence-electron chi connectivity index (χ4n) is 8.13. The zero-order valence-corrected chi connectivity index (χ0v) is 28.9. The minimum absolute atomic E-state index is 0.143. The van der Waals surface area contributed by atoms with E-state index in [1.165, 1.54) is 16.2 Å². The van der Waals surface area contributed by atoms with Gasteiger partial charge in [0.15, 0.2) is 17.5 Å². The number of nitrogens with zero attached hydrogens (tertiary/aromatic N) is 3. The van der Waals surface area contributed by atoms with E-state index in [9.17, 15) is 0 Å². The van der Waals surface area contributed by atoms with Crippen molar-refractivity contribution in [3.8, 4) is 56.4 Å². The monoisotopic (exact) mass is 690 g/mol. The van der Waals surface area contributed by atoms with E-state index in [2.05, 4.69) is 66.7 Å². The van der Waals surface area contributed by atoms with Gasteiger partial charge in [0.1, 0.15) is 0 Å². The van der Waals surface area contributed by atoms with Crippen molar-refractivity contribution in [2.45, 2.75) is 0 Å². The molecule has 54 heavy (non-hydrogen) atoms. The summed E-state index contributed by atoms with van der Waals surface area (Å²) in [4.78, 5) is 15.8. The first kappa shape index (κ1) is 25.7. The highest BCUT2D eigenvalue weighted by Gasteiger charge is 2.22. The van der Waals surface area contributed by atoms with E-state index in [4.69, 9.17) is 21.8 Å². The van der Waals surface area contributed by atoms with Gasteiger partial charge in [-0.25, -0.2) is 15.0 Å². The Kier molecular flexibility index (Phi) is 5.79. The van der Waals surface area contributed by atoms with Crippen LogP contribution in [0.25, 0.3) is 110 Å². The SMILES string of the molecule is [2H]c1c([2H])c([2H])c(-c2c3ccccc3c(-c3nc(-c4ccccc4)nc(-c4ccc5ccc6cccc7ccc4c5c67)n3)c3ccc(-c4ccccc4)cc23)c([2H])c1[2H]. The van der Waals surface area contributed by atoms with Crippen molar-refractivity contribution in [3.05, 3.63) is 188 Å². The number of hydrogen-bond donors (Lipinski definition) is 0. The summed E-state index contributed by atoms with van der Waals surface area (Å²) in [7, 11) is 0. The molecule has 3 heteroatoms. The van der Waals surface area contributed by atoms with Crippen LogP contribution in [0.2, 0.25) is 0 Å². The van der Waals surface area contributed by atoms with Gasteiger partial charge in [-0.3, -0.25) is 0 Å². The zero-order chi connectivity index (χ0) is 39.9. The highest BCUT2D eigenvalue weighted by Crippen LogP contribution is 2.45. The first-order chi connectivity index (χ1) is 28.9. The van der Waals surface area contributed by atoms with Crippen molar-refractivity contribution in [3.63, 3.8) is 0 Å². The van der Waals surface area contributed by atoms with Crippen molar-refractivity contribution in [1.29, 1.82) is 0 Å².